The zero-order valence-corrected chi connectivity index (χ0v) is 12.6. The minimum atomic E-state index is 0.381. The van der Waals surface area contributed by atoms with E-state index in [4.69, 9.17) is 4.74 Å². The van der Waals surface area contributed by atoms with Gasteiger partial charge in [-0.1, -0.05) is 45.2 Å². The number of unbranched alkanes of at least 4 members (excludes halogenated alkanes) is 1. The molecule has 0 saturated heterocycles. The first kappa shape index (κ1) is 14.2. The molecule has 2 heteroatoms. The van der Waals surface area contributed by atoms with Gasteiger partial charge in [0.2, 0.25) is 0 Å². The number of ether oxygens (including phenoxy) is 1. The van der Waals surface area contributed by atoms with Gasteiger partial charge in [-0.05, 0) is 25.0 Å². The molecule has 1 aliphatic rings. The van der Waals surface area contributed by atoms with Gasteiger partial charge in [-0.2, -0.15) is 0 Å². The first-order chi connectivity index (χ1) is 9.26. The van der Waals surface area contributed by atoms with Crippen LogP contribution in [0.4, 0.5) is 5.69 Å². The molecule has 0 saturated carbocycles. The van der Waals surface area contributed by atoms with Crippen LogP contribution in [0.5, 0.6) is 5.75 Å². The fourth-order valence-corrected chi connectivity index (χ4v) is 3.05. The largest absolute Gasteiger partial charge is 0.488 e. The highest BCUT2D eigenvalue weighted by atomic mass is 16.5. The van der Waals surface area contributed by atoms with Gasteiger partial charge in [-0.3, -0.25) is 0 Å². The van der Waals surface area contributed by atoms with E-state index in [1.165, 1.54) is 37.8 Å². The van der Waals surface area contributed by atoms with Gasteiger partial charge in [-0.25, -0.2) is 0 Å². The van der Waals surface area contributed by atoms with Crippen molar-refractivity contribution in [3.63, 3.8) is 0 Å². The Morgan fingerprint density at radius 2 is 1.95 bits per heavy atom. The molecule has 1 aliphatic heterocycles. The van der Waals surface area contributed by atoms with Crippen LogP contribution in [-0.4, -0.2) is 19.7 Å². The van der Waals surface area contributed by atoms with Crippen LogP contribution >= 0.6 is 0 Å². The molecule has 0 fully saturated rings. The third kappa shape index (κ3) is 3.43. The summed E-state index contributed by atoms with van der Waals surface area (Å²) in [5.74, 6) is 1.71. The molecule has 0 radical (unpaired) electrons. The maximum atomic E-state index is 6.35. The van der Waals surface area contributed by atoms with Crippen molar-refractivity contribution in [2.45, 2.75) is 52.1 Å². The summed E-state index contributed by atoms with van der Waals surface area (Å²) >= 11 is 0. The highest BCUT2D eigenvalue weighted by molar-refractivity contribution is 5.58. The average Bonchev–Trinajstić information content (AvgIpc) is 2.55. The maximum absolute atomic E-state index is 6.35. The van der Waals surface area contributed by atoms with E-state index in [1.807, 2.05) is 0 Å². The number of hydrogen-bond donors (Lipinski definition) is 0. The van der Waals surface area contributed by atoms with E-state index >= 15 is 0 Å². The molecule has 2 rings (SSSR count). The van der Waals surface area contributed by atoms with E-state index in [9.17, 15) is 0 Å². The van der Waals surface area contributed by atoms with Crippen LogP contribution in [0.3, 0.4) is 0 Å². The summed E-state index contributed by atoms with van der Waals surface area (Å²) in [6.45, 7) is 5.64. The zero-order valence-electron chi connectivity index (χ0n) is 12.6. The summed E-state index contributed by atoms with van der Waals surface area (Å²) in [5, 5.41) is 0. The molecule has 0 spiro atoms. The lowest BCUT2D eigenvalue weighted by atomic mass is 9.93. The van der Waals surface area contributed by atoms with E-state index in [2.05, 4.69) is 50.1 Å². The highest BCUT2D eigenvalue weighted by Crippen LogP contribution is 2.35. The molecular weight excluding hydrogens is 234 g/mol. The van der Waals surface area contributed by atoms with Gasteiger partial charge in [0.25, 0.3) is 0 Å². The molecule has 106 valence electrons. The van der Waals surface area contributed by atoms with Crippen molar-refractivity contribution in [3.05, 3.63) is 24.3 Å². The fourth-order valence-electron chi connectivity index (χ4n) is 3.05. The first-order valence-corrected chi connectivity index (χ1v) is 7.73. The molecule has 0 amide bonds. The van der Waals surface area contributed by atoms with E-state index in [0.717, 1.165) is 12.3 Å². The van der Waals surface area contributed by atoms with Gasteiger partial charge < -0.3 is 9.64 Å². The molecule has 1 heterocycles. The Balaban J connectivity index is 2.20. The van der Waals surface area contributed by atoms with Gasteiger partial charge in [0.05, 0.1) is 5.69 Å². The zero-order chi connectivity index (χ0) is 13.7. The van der Waals surface area contributed by atoms with Crippen LogP contribution in [0.25, 0.3) is 0 Å². The lowest BCUT2D eigenvalue weighted by Gasteiger charge is -2.26. The maximum Gasteiger partial charge on any atom is 0.143 e. The first-order valence-electron chi connectivity index (χ1n) is 7.73. The normalized spacial score (nSPS) is 22.6. The van der Waals surface area contributed by atoms with Gasteiger partial charge in [0, 0.05) is 19.5 Å². The summed E-state index contributed by atoms with van der Waals surface area (Å²) in [7, 11) is 2.19. The monoisotopic (exact) mass is 261 g/mol. The van der Waals surface area contributed by atoms with Crippen molar-refractivity contribution in [1.82, 2.24) is 0 Å². The number of rotatable bonds is 5. The van der Waals surface area contributed by atoms with Crippen LogP contribution < -0.4 is 9.64 Å². The van der Waals surface area contributed by atoms with Crippen molar-refractivity contribution >= 4 is 5.69 Å². The summed E-state index contributed by atoms with van der Waals surface area (Å²) in [5.41, 5.74) is 1.24. The van der Waals surface area contributed by atoms with E-state index in [0.29, 0.717) is 12.0 Å². The number of anilines is 1. The molecule has 2 nitrogen and oxygen atoms in total. The third-order valence-electron chi connectivity index (χ3n) is 4.09. The molecule has 19 heavy (non-hydrogen) atoms. The van der Waals surface area contributed by atoms with Crippen molar-refractivity contribution in [3.8, 4) is 5.75 Å². The Bertz CT molecular complexity index is 391. The summed E-state index contributed by atoms with van der Waals surface area (Å²) < 4.78 is 6.35. The number of benzene rings is 1. The lowest BCUT2D eigenvalue weighted by Crippen LogP contribution is -2.33. The summed E-state index contributed by atoms with van der Waals surface area (Å²) in [6, 6.07) is 8.45. The molecular formula is C17H27NO. The van der Waals surface area contributed by atoms with Crippen LogP contribution in [-0.2, 0) is 0 Å². The van der Waals surface area contributed by atoms with Crippen LogP contribution in [0, 0.1) is 5.92 Å². The minimum absolute atomic E-state index is 0.381. The Morgan fingerprint density at radius 3 is 2.68 bits per heavy atom. The Kier molecular flexibility index (Phi) is 5.12. The Labute approximate surface area is 117 Å². The molecule has 1 aromatic carbocycles. The highest BCUT2D eigenvalue weighted by Gasteiger charge is 2.28. The molecule has 2 atom stereocenters. The predicted octanol–water partition coefficient (Wildman–Crippen LogP) is 4.49. The molecule has 2 unspecified atom stereocenters. The van der Waals surface area contributed by atoms with Crippen molar-refractivity contribution in [1.29, 1.82) is 0 Å². The molecule has 0 aliphatic carbocycles. The average molecular weight is 261 g/mol. The lowest BCUT2D eigenvalue weighted by molar-refractivity contribution is 0.126. The smallest absolute Gasteiger partial charge is 0.143 e. The van der Waals surface area contributed by atoms with Crippen LogP contribution in [0.15, 0.2) is 24.3 Å². The molecule has 1 aromatic rings. The number of para-hydroxylation sites is 2. The quantitative estimate of drug-likeness (QED) is 0.774. The SMILES string of the molecule is CCCCC1Oc2ccccc2N(C)CC1CCC. The van der Waals surface area contributed by atoms with E-state index < -0.39 is 0 Å². The van der Waals surface area contributed by atoms with Gasteiger partial charge in [0.1, 0.15) is 11.9 Å². The van der Waals surface area contributed by atoms with Crippen molar-refractivity contribution < 1.29 is 4.74 Å². The second-order valence-electron chi connectivity index (χ2n) is 5.70. The summed E-state index contributed by atoms with van der Waals surface area (Å²) in [4.78, 5) is 2.36. The van der Waals surface area contributed by atoms with Gasteiger partial charge in [0.15, 0.2) is 0 Å². The molecule has 0 aromatic heterocycles. The number of nitrogens with zero attached hydrogens (tertiary/aromatic N) is 1. The predicted molar refractivity (Wildman–Crippen MR) is 82.1 cm³/mol. The second kappa shape index (κ2) is 6.83. The second-order valence-corrected chi connectivity index (χ2v) is 5.70. The topological polar surface area (TPSA) is 12.5 Å². The van der Waals surface area contributed by atoms with E-state index in [1.54, 1.807) is 0 Å². The van der Waals surface area contributed by atoms with Crippen LogP contribution in [0.1, 0.15) is 46.0 Å². The fraction of sp³-hybridized carbons (Fsp3) is 0.647. The Morgan fingerprint density at radius 1 is 1.16 bits per heavy atom. The van der Waals surface area contributed by atoms with Crippen molar-refractivity contribution in [2.24, 2.45) is 5.92 Å². The van der Waals surface area contributed by atoms with E-state index in [-0.39, 0.29) is 0 Å². The number of hydrogen-bond acceptors (Lipinski definition) is 2. The van der Waals surface area contributed by atoms with Crippen molar-refractivity contribution in [2.75, 3.05) is 18.5 Å². The van der Waals surface area contributed by atoms with Gasteiger partial charge >= 0.3 is 0 Å². The number of fused-ring (bicyclic) bond motifs is 1. The van der Waals surface area contributed by atoms with Gasteiger partial charge in [-0.15, -0.1) is 0 Å². The van der Waals surface area contributed by atoms with Crippen LogP contribution in [0.2, 0.25) is 0 Å². The Hall–Kier alpha value is -1.18. The standard InChI is InChI=1S/C17H27NO/c1-4-6-11-16-14(9-5-2)13-18(3)15-10-7-8-12-17(15)19-16/h7-8,10,12,14,16H,4-6,9,11,13H2,1-3H3. The molecule has 0 N–H and O–H groups in total. The minimum Gasteiger partial charge on any atom is -0.488 e. The summed E-state index contributed by atoms with van der Waals surface area (Å²) in [6.07, 6.45) is 6.56. The third-order valence-corrected chi connectivity index (χ3v) is 4.09. The molecule has 0 bridgehead atoms.